The third kappa shape index (κ3) is 4.77. The fourth-order valence-corrected chi connectivity index (χ4v) is 4.79. The van der Waals surface area contributed by atoms with Crippen molar-refractivity contribution in [3.8, 4) is 17.2 Å². The molecule has 3 aromatic rings. The number of carbonyl (C=O) groups is 2. The first kappa shape index (κ1) is 25.8. The normalized spacial score (nSPS) is 16.7. The van der Waals surface area contributed by atoms with Crippen LogP contribution in [0.4, 0.5) is 5.69 Å². The topological polar surface area (TPSA) is 85.3 Å². The van der Waals surface area contributed by atoms with E-state index in [0.29, 0.717) is 40.7 Å². The highest BCUT2D eigenvalue weighted by Gasteiger charge is 2.47. The van der Waals surface area contributed by atoms with Gasteiger partial charge in [0.05, 0.1) is 38.0 Å². The van der Waals surface area contributed by atoms with Crippen LogP contribution in [0.15, 0.2) is 60.2 Å². The van der Waals surface area contributed by atoms with Gasteiger partial charge in [-0.2, -0.15) is 0 Å². The Morgan fingerprint density at radius 1 is 0.838 bits per heavy atom. The lowest BCUT2D eigenvalue weighted by Gasteiger charge is -2.27. The molecule has 0 bridgehead atoms. The Bertz CT molecular complexity index is 1390. The van der Waals surface area contributed by atoms with Gasteiger partial charge >= 0.3 is 0 Å². The second-order valence-electron chi connectivity index (χ2n) is 9.06. The molecule has 1 heterocycles. The second-order valence-corrected chi connectivity index (χ2v) is 9.06. The molecular formula is C30H31NO6. The fourth-order valence-electron chi connectivity index (χ4n) is 4.79. The van der Waals surface area contributed by atoms with E-state index >= 15 is 0 Å². The molecule has 37 heavy (non-hydrogen) atoms. The molecule has 192 valence electrons. The highest BCUT2D eigenvalue weighted by Crippen LogP contribution is 2.45. The minimum absolute atomic E-state index is 0.0272. The molecule has 0 radical (unpaired) electrons. The van der Waals surface area contributed by atoms with Gasteiger partial charge in [-0.1, -0.05) is 23.8 Å². The molecule has 0 aliphatic carbocycles. The number of ketones is 1. The molecule has 1 N–H and O–H groups in total. The van der Waals surface area contributed by atoms with Gasteiger partial charge in [0, 0.05) is 5.69 Å². The molecule has 7 nitrogen and oxygen atoms in total. The lowest BCUT2D eigenvalue weighted by molar-refractivity contribution is -0.132. The molecule has 1 amide bonds. The molecule has 7 heteroatoms. The standard InChI is InChI=1S/C30H31NO6/c1-7-37-25-16-20(9-11-24(25)36-6)27-26(28(32)22-15-17(2)8-10-23(22)35-5)29(33)30(34)31(27)21-13-18(3)12-19(4)14-21/h8-16,27,32H,7H2,1-6H3/b28-26+. The smallest absolute Gasteiger partial charge is 0.300 e. The van der Waals surface area contributed by atoms with Crippen LogP contribution in [0.2, 0.25) is 0 Å². The second kappa shape index (κ2) is 10.4. The van der Waals surface area contributed by atoms with Crippen molar-refractivity contribution in [1.29, 1.82) is 0 Å². The van der Waals surface area contributed by atoms with Crippen LogP contribution < -0.4 is 19.1 Å². The molecule has 1 atom stereocenters. The van der Waals surface area contributed by atoms with E-state index in [9.17, 15) is 14.7 Å². The maximum Gasteiger partial charge on any atom is 0.300 e. The Hall–Kier alpha value is -4.26. The van der Waals surface area contributed by atoms with Crippen LogP contribution in [0.3, 0.4) is 0 Å². The first-order valence-corrected chi connectivity index (χ1v) is 12.0. The number of carbonyl (C=O) groups excluding carboxylic acids is 2. The van der Waals surface area contributed by atoms with Crippen molar-refractivity contribution in [2.24, 2.45) is 0 Å². The minimum Gasteiger partial charge on any atom is -0.507 e. The van der Waals surface area contributed by atoms with Gasteiger partial charge in [-0.15, -0.1) is 0 Å². The monoisotopic (exact) mass is 501 g/mol. The van der Waals surface area contributed by atoms with Crippen molar-refractivity contribution < 1.29 is 28.9 Å². The minimum atomic E-state index is -0.906. The van der Waals surface area contributed by atoms with E-state index in [1.165, 1.54) is 12.0 Å². The fraction of sp³-hybridized carbons (Fsp3) is 0.267. The summed E-state index contributed by atoms with van der Waals surface area (Å²) in [7, 11) is 3.04. The Morgan fingerprint density at radius 3 is 2.11 bits per heavy atom. The van der Waals surface area contributed by atoms with Crippen molar-refractivity contribution in [2.75, 3.05) is 25.7 Å². The number of benzene rings is 3. The zero-order valence-corrected chi connectivity index (χ0v) is 21.9. The van der Waals surface area contributed by atoms with Crippen LogP contribution in [0.25, 0.3) is 5.76 Å². The Balaban J connectivity index is 2.03. The van der Waals surface area contributed by atoms with Gasteiger partial charge < -0.3 is 19.3 Å². The zero-order chi connectivity index (χ0) is 26.9. The van der Waals surface area contributed by atoms with Crippen molar-refractivity contribution >= 4 is 23.1 Å². The van der Waals surface area contributed by atoms with E-state index in [4.69, 9.17) is 14.2 Å². The summed E-state index contributed by atoms with van der Waals surface area (Å²) >= 11 is 0. The number of hydrogen-bond acceptors (Lipinski definition) is 6. The molecule has 1 saturated heterocycles. The third-order valence-electron chi connectivity index (χ3n) is 6.34. The molecule has 4 rings (SSSR count). The van der Waals surface area contributed by atoms with E-state index in [1.807, 2.05) is 52.0 Å². The van der Waals surface area contributed by atoms with Crippen LogP contribution in [0.5, 0.6) is 17.2 Å². The molecule has 3 aromatic carbocycles. The maximum absolute atomic E-state index is 13.6. The number of anilines is 1. The summed E-state index contributed by atoms with van der Waals surface area (Å²) in [5.74, 6) is -0.416. The van der Waals surface area contributed by atoms with Crippen LogP contribution >= 0.6 is 0 Å². The molecule has 1 unspecified atom stereocenters. The number of amides is 1. The summed E-state index contributed by atoms with van der Waals surface area (Å²) in [6.45, 7) is 8.00. The van der Waals surface area contributed by atoms with Gasteiger partial charge in [0.1, 0.15) is 11.5 Å². The van der Waals surface area contributed by atoms with Gasteiger partial charge in [-0.25, -0.2) is 0 Å². The van der Waals surface area contributed by atoms with Crippen LogP contribution in [0.1, 0.15) is 40.8 Å². The number of rotatable bonds is 7. The number of methoxy groups -OCH3 is 2. The molecule has 0 spiro atoms. The first-order chi connectivity index (χ1) is 17.7. The molecule has 1 fully saturated rings. The third-order valence-corrected chi connectivity index (χ3v) is 6.34. The van der Waals surface area contributed by atoms with Gasteiger partial charge in [-0.3, -0.25) is 14.5 Å². The number of aliphatic hydroxyl groups is 1. The zero-order valence-electron chi connectivity index (χ0n) is 21.9. The van der Waals surface area contributed by atoms with Crippen molar-refractivity contribution in [2.45, 2.75) is 33.7 Å². The summed E-state index contributed by atoms with van der Waals surface area (Å²) < 4.78 is 16.7. The van der Waals surface area contributed by atoms with E-state index in [2.05, 4.69) is 0 Å². The van der Waals surface area contributed by atoms with Crippen molar-refractivity contribution in [3.63, 3.8) is 0 Å². The highest BCUT2D eigenvalue weighted by atomic mass is 16.5. The van der Waals surface area contributed by atoms with Gasteiger partial charge in [0.2, 0.25) is 0 Å². The molecule has 1 aliphatic rings. The average Bonchev–Trinajstić information content (AvgIpc) is 3.13. The highest BCUT2D eigenvalue weighted by molar-refractivity contribution is 6.51. The van der Waals surface area contributed by atoms with Gasteiger partial charge in [-0.05, 0) is 80.8 Å². The van der Waals surface area contributed by atoms with Crippen molar-refractivity contribution in [1.82, 2.24) is 0 Å². The largest absolute Gasteiger partial charge is 0.507 e. The number of aryl methyl sites for hydroxylation is 3. The lowest BCUT2D eigenvalue weighted by atomic mass is 9.94. The number of nitrogens with zero attached hydrogens (tertiary/aromatic N) is 1. The van der Waals surface area contributed by atoms with E-state index in [0.717, 1.165) is 16.7 Å². The molecule has 0 aromatic heterocycles. The summed E-state index contributed by atoms with van der Waals surface area (Å²) in [6, 6.07) is 15.3. The van der Waals surface area contributed by atoms with Crippen molar-refractivity contribution in [3.05, 3.63) is 88.0 Å². The van der Waals surface area contributed by atoms with E-state index in [1.54, 1.807) is 37.4 Å². The van der Waals surface area contributed by atoms with E-state index in [-0.39, 0.29) is 11.3 Å². The predicted molar refractivity (Wildman–Crippen MR) is 143 cm³/mol. The Morgan fingerprint density at radius 2 is 1.49 bits per heavy atom. The number of hydrogen-bond donors (Lipinski definition) is 1. The molecule has 1 aliphatic heterocycles. The SMILES string of the molecule is CCOc1cc(C2/C(=C(\O)c3cc(C)ccc3OC)C(=O)C(=O)N2c2cc(C)cc(C)c2)ccc1OC. The summed E-state index contributed by atoms with van der Waals surface area (Å²) in [4.78, 5) is 28.6. The quantitative estimate of drug-likeness (QED) is 0.256. The summed E-state index contributed by atoms with van der Waals surface area (Å²) in [5, 5.41) is 11.6. The molecule has 0 saturated carbocycles. The first-order valence-electron chi connectivity index (χ1n) is 12.0. The van der Waals surface area contributed by atoms with E-state index < -0.39 is 17.7 Å². The molecular weight excluding hydrogens is 470 g/mol. The number of aliphatic hydroxyl groups excluding tert-OH is 1. The lowest BCUT2D eigenvalue weighted by Crippen LogP contribution is -2.29. The van der Waals surface area contributed by atoms with Gasteiger partial charge in [0.15, 0.2) is 11.5 Å². The van der Waals surface area contributed by atoms with Crippen LogP contribution in [-0.2, 0) is 9.59 Å². The predicted octanol–water partition coefficient (Wildman–Crippen LogP) is 5.65. The van der Waals surface area contributed by atoms with Gasteiger partial charge in [0.25, 0.3) is 11.7 Å². The Labute approximate surface area is 216 Å². The van der Waals surface area contributed by atoms with Crippen LogP contribution in [-0.4, -0.2) is 37.6 Å². The summed E-state index contributed by atoms with van der Waals surface area (Å²) in [6.07, 6.45) is 0. The maximum atomic E-state index is 13.6. The number of Topliss-reactive ketones (excluding diaryl/α,β-unsaturated/α-hetero) is 1. The average molecular weight is 502 g/mol. The Kier molecular flexibility index (Phi) is 7.25. The van der Waals surface area contributed by atoms with Crippen LogP contribution in [0, 0.1) is 20.8 Å². The summed E-state index contributed by atoms with van der Waals surface area (Å²) in [5.41, 5.74) is 4.22. The number of ether oxygens (including phenoxy) is 3.